The van der Waals surface area contributed by atoms with Crippen LogP contribution in [0.2, 0.25) is 0 Å². The summed E-state index contributed by atoms with van der Waals surface area (Å²) in [5.41, 5.74) is -0.685. The molecule has 1 fully saturated rings. The zero-order chi connectivity index (χ0) is 16.4. The highest BCUT2D eigenvalue weighted by Crippen LogP contribution is 2.38. The number of carbonyl (C=O) groups is 2. The summed E-state index contributed by atoms with van der Waals surface area (Å²) < 4.78 is 4.98. The third kappa shape index (κ3) is 4.80. The molecule has 1 N–H and O–H groups in total. The summed E-state index contributed by atoms with van der Waals surface area (Å²) in [6.45, 7) is 8.22. The van der Waals surface area contributed by atoms with Crippen LogP contribution in [0.15, 0.2) is 4.99 Å². The normalized spacial score (nSPS) is 22.2. The van der Waals surface area contributed by atoms with Crippen LogP contribution in [0.5, 0.6) is 0 Å². The van der Waals surface area contributed by atoms with E-state index >= 15 is 0 Å². The van der Waals surface area contributed by atoms with Gasteiger partial charge >= 0.3 is 5.97 Å². The fraction of sp³-hybridized carbons (Fsp3) is 0.769. The lowest BCUT2D eigenvalue weighted by atomic mass is 10.2. The third-order valence-electron chi connectivity index (χ3n) is 2.78. The van der Waals surface area contributed by atoms with Crippen molar-refractivity contribution in [3.05, 3.63) is 0 Å². The molecule has 120 valence electrons. The molecule has 1 amide bonds. The van der Waals surface area contributed by atoms with Gasteiger partial charge in [-0.2, -0.15) is 0 Å². The van der Waals surface area contributed by atoms with E-state index in [2.05, 4.69) is 4.99 Å². The summed E-state index contributed by atoms with van der Waals surface area (Å²) in [7, 11) is 0. The minimum atomic E-state index is -1.06. The lowest BCUT2D eigenvalue weighted by Gasteiger charge is -2.33. The first kappa shape index (κ1) is 17.6. The molecule has 8 heteroatoms. The van der Waals surface area contributed by atoms with E-state index in [1.807, 2.05) is 0 Å². The number of rotatable bonds is 3. The molecule has 7 nitrogen and oxygen atoms in total. The number of aliphatic carboxylic acids is 1. The van der Waals surface area contributed by atoms with Gasteiger partial charge in [0, 0.05) is 11.4 Å². The number of aliphatic imine (C=N–C) groups is 1. The van der Waals surface area contributed by atoms with Crippen molar-refractivity contribution in [1.29, 1.82) is 0 Å². The summed E-state index contributed by atoms with van der Waals surface area (Å²) in [5.74, 6) is -1.23. The highest BCUT2D eigenvalue weighted by atomic mass is 32.2. The van der Waals surface area contributed by atoms with E-state index in [9.17, 15) is 14.7 Å². The Morgan fingerprint density at radius 2 is 2.05 bits per heavy atom. The van der Waals surface area contributed by atoms with Crippen molar-refractivity contribution in [2.24, 2.45) is 4.99 Å². The zero-order valence-corrected chi connectivity index (χ0v) is 13.7. The standard InChI is InChI=1S/C13H22N2O5S/c1-12(2,3)20-11(19)14-6-9(16)15-8(10(17)18)7-21-13(15,4)5/h8H,6-7H2,1-5H3,(H,14,19)(H,17,18)/p-1/t8-/m1/s1. The first-order valence-electron chi connectivity index (χ1n) is 6.53. The van der Waals surface area contributed by atoms with Crippen LogP contribution in [0.4, 0.5) is 0 Å². The molecular formula is C13H21N2O5S-. The van der Waals surface area contributed by atoms with Crippen molar-refractivity contribution >= 4 is 29.7 Å². The highest BCUT2D eigenvalue weighted by Gasteiger charge is 2.46. The molecule has 1 heterocycles. The smallest absolute Gasteiger partial charge is 0.327 e. The van der Waals surface area contributed by atoms with Crippen LogP contribution in [0.25, 0.3) is 0 Å². The maximum Gasteiger partial charge on any atom is 0.327 e. The van der Waals surface area contributed by atoms with Crippen LogP contribution in [0.3, 0.4) is 0 Å². The molecule has 0 saturated carbocycles. The number of nitrogens with zero attached hydrogens (tertiary/aromatic N) is 2. The van der Waals surface area contributed by atoms with Crippen molar-refractivity contribution < 1.29 is 24.5 Å². The van der Waals surface area contributed by atoms with Crippen molar-refractivity contribution in [2.45, 2.75) is 51.1 Å². The molecule has 21 heavy (non-hydrogen) atoms. The Morgan fingerprint density at radius 1 is 1.48 bits per heavy atom. The molecule has 1 aliphatic rings. The molecule has 0 aliphatic carbocycles. The topological polar surface area (TPSA) is 102 Å². The fourth-order valence-electron chi connectivity index (χ4n) is 1.96. The van der Waals surface area contributed by atoms with Gasteiger partial charge in [0.2, 0.25) is 5.91 Å². The van der Waals surface area contributed by atoms with Gasteiger partial charge in [-0.15, -0.1) is 11.8 Å². The maximum absolute atomic E-state index is 12.2. The number of hydrogen-bond donors (Lipinski definition) is 1. The van der Waals surface area contributed by atoms with E-state index in [1.54, 1.807) is 34.6 Å². The summed E-state index contributed by atoms with van der Waals surface area (Å²) in [6, 6.07) is -0.897. The number of carboxylic acid groups (broad SMARTS) is 1. The summed E-state index contributed by atoms with van der Waals surface area (Å²) >= 11 is 1.38. The van der Waals surface area contributed by atoms with Gasteiger partial charge in [0.15, 0.2) is 0 Å². The molecule has 0 spiro atoms. The Labute approximate surface area is 128 Å². The van der Waals surface area contributed by atoms with Gasteiger partial charge in [-0.05, 0) is 13.8 Å². The first-order valence-corrected chi connectivity index (χ1v) is 7.52. The number of carbonyl (C=O) groups excluding carboxylic acids is 1. The second-order valence-electron chi connectivity index (χ2n) is 6.17. The maximum atomic E-state index is 12.2. The Hall–Kier alpha value is -1.44. The number of hydrogen-bond acceptors (Lipinski definition) is 6. The zero-order valence-electron chi connectivity index (χ0n) is 12.9. The minimum absolute atomic E-state index is 0.320. The van der Waals surface area contributed by atoms with E-state index in [0.29, 0.717) is 5.75 Å². The number of ether oxygens (including phenoxy) is 1. The van der Waals surface area contributed by atoms with E-state index in [0.717, 1.165) is 0 Å². The SMILES string of the molecule is CC(C)(C)OC([O-])=NCC(=O)N1[C@@H](C(=O)O)CSC1(C)C. The van der Waals surface area contributed by atoms with E-state index < -0.39 is 41.0 Å². The monoisotopic (exact) mass is 317 g/mol. The van der Waals surface area contributed by atoms with E-state index in [1.165, 1.54) is 16.7 Å². The largest absolute Gasteiger partial charge is 0.595 e. The molecule has 1 aliphatic heterocycles. The van der Waals surface area contributed by atoms with Gasteiger partial charge in [-0.3, -0.25) is 9.79 Å². The fourth-order valence-corrected chi connectivity index (χ4v) is 3.19. The summed E-state index contributed by atoms with van der Waals surface area (Å²) in [6.07, 6.45) is -0.826. The number of thioether (sulfide) groups is 1. The van der Waals surface area contributed by atoms with Crippen LogP contribution >= 0.6 is 11.8 Å². The van der Waals surface area contributed by atoms with Crippen molar-refractivity contribution in [2.75, 3.05) is 12.3 Å². The second kappa shape index (κ2) is 6.13. The summed E-state index contributed by atoms with van der Waals surface area (Å²) in [5, 5.41) is 20.6. The molecule has 1 atom stereocenters. The Kier molecular flexibility index (Phi) is 5.14. The molecule has 0 aromatic rings. The van der Waals surface area contributed by atoms with Crippen LogP contribution in [-0.4, -0.2) is 56.8 Å². The van der Waals surface area contributed by atoms with Gasteiger partial charge in [-0.25, -0.2) is 4.79 Å². The Morgan fingerprint density at radius 3 is 2.52 bits per heavy atom. The molecule has 0 aromatic carbocycles. The number of amides is 1. The van der Waals surface area contributed by atoms with Gasteiger partial charge < -0.3 is 19.8 Å². The second-order valence-corrected chi connectivity index (χ2v) is 7.79. The van der Waals surface area contributed by atoms with Gasteiger partial charge in [0.05, 0.1) is 4.87 Å². The molecule has 0 radical (unpaired) electrons. The predicted octanol–water partition coefficient (Wildman–Crippen LogP) is 0.283. The number of carboxylic acids is 1. The lowest BCUT2D eigenvalue weighted by molar-refractivity contribution is -0.260. The molecular weight excluding hydrogens is 296 g/mol. The van der Waals surface area contributed by atoms with E-state index in [4.69, 9.17) is 9.84 Å². The quantitative estimate of drug-likeness (QED) is 0.592. The van der Waals surface area contributed by atoms with Crippen molar-refractivity contribution in [3.8, 4) is 0 Å². The van der Waals surface area contributed by atoms with Crippen molar-refractivity contribution in [1.82, 2.24) is 4.90 Å². The Bertz CT molecular complexity index is 456. The summed E-state index contributed by atoms with van der Waals surface area (Å²) in [4.78, 5) is 27.6. The Balaban J connectivity index is 2.77. The van der Waals surface area contributed by atoms with Crippen LogP contribution < -0.4 is 5.11 Å². The van der Waals surface area contributed by atoms with Gasteiger partial charge in [0.1, 0.15) is 18.7 Å². The highest BCUT2D eigenvalue weighted by molar-refractivity contribution is 8.00. The molecule has 0 bridgehead atoms. The molecule has 1 rings (SSSR count). The van der Waals surface area contributed by atoms with Crippen LogP contribution in [-0.2, 0) is 14.3 Å². The average molecular weight is 317 g/mol. The van der Waals surface area contributed by atoms with Crippen LogP contribution in [0.1, 0.15) is 34.6 Å². The van der Waals surface area contributed by atoms with Gasteiger partial charge in [-0.1, -0.05) is 20.8 Å². The predicted molar refractivity (Wildman–Crippen MR) is 77.9 cm³/mol. The third-order valence-corrected chi connectivity index (χ3v) is 4.16. The van der Waals surface area contributed by atoms with Crippen LogP contribution in [0, 0.1) is 0 Å². The van der Waals surface area contributed by atoms with Crippen molar-refractivity contribution in [3.63, 3.8) is 0 Å². The average Bonchev–Trinajstić information content (AvgIpc) is 2.59. The van der Waals surface area contributed by atoms with E-state index in [-0.39, 0.29) is 0 Å². The first-order chi connectivity index (χ1) is 9.44. The molecule has 1 saturated heterocycles. The minimum Gasteiger partial charge on any atom is -0.595 e. The van der Waals surface area contributed by atoms with Gasteiger partial charge in [0.25, 0.3) is 0 Å². The lowest BCUT2D eigenvalue weighted by Crippen LogP contribution is -2.50. The molecule has 0 aromatic heterocycles. The molecule has 0 unspecified atom stereocenters.